The molecule has 0 atom stereocenters. The van der Waals surface area contributed by atoms with Crippen LogP contribution in [0.25, 0.3) is 33.7 Å². The average molecular weight is 497 g/mol. The lowest BCUT2D eigenvalue weighted by Crippen LogP contribution is -2.13. The van der Waals surface area contributed by atoms with Crippen LogP contribution in [-0.4, -0.2) is 33.6 Å². The Morgan fingerprint density at radius 3 is 2.48 bits per heavy atom. The lowest BCUT2D eigenvalue weighted by atomic mass is 10.1. The van der Waals surface area contributed by atoms with Gasteiger partial charge in [-0.2, -0.15) is 5.10 Å². The van der Waals surface area contributed by atoms with E-state index in [4.69, 9.17) is 28.2 Å². The van der Waals surface area contributed by atoms with E-state index in [-0.39, 0.29) is 14.9 Å². The molecule has 5 rings (SSSR count). The first kappa shape index (κ1) is 21.3. The van der Waals surface area contributed by atoms with Gasteiger partial charge in [0.05, 0.1) is 22.3 Å². The molecule has 3 aromatic heterocycles. The van der Waals surface area contributed by atoms with Crippen LogP contribution in [0.3, 0.4) is 0 Å². The summed E-state index contributed by atoms with van der Waals surface area (Å²) in [5.74, 6) is 0.456. The zero-order valence-electron chi connectivity index (χ0n) is 16.7. The number of nitrogens with one attached hydrogen (secondary N) is 2. The molecule has 0 radical (unpaired) electrons. The number of benzene rings is 2. The third kappa shape index (κ3) is 4.25. The summed E-state index contributed by atoms with van der Waals surface area (Å²) in [5.41, 5.74) is 3.15. The van der Waals surface area contributed by atoms with Gasteiger partial charge in [-0.25, -0.2) is 18.4 Å². The Balaban J connectivity index is 1.48. The molecule has 0 aliphatic carbocycles. The lowest BCUT2D eigenvalue weighted by molar-refractivity contribution is 0.601. The first-order valence-corrected chi connectivity index (χ1v) is 11.8. The number of sulfonamides is 1. The van der Waals surface area contributed by atoms with Crippen LogP contribution in [-0.2, 0) is 10.0 Å². The van der Waals surface area contributed by atoms with E-state index >= 15 is 0 Å². The molecule has 0 fully saturated rings. The zero-order valence-corrected chi connectivity index (χ0v) is 19.0. The van der Waals surface area contributed by atoms with Crippen molar-refractivity contribution in [1.29, 1.82) is 0 Å². The van der Waals surface area contributed by atoms with Crippen molar-refractivity contribution in [1.82, 2.24) is 25.1 Å². The van der Waals surface area contributed by atoms with Crippen molar-refractivity contribution in [3.05, 3.63) is 83.2 Å². The second-order valence-electron chi connectivity index (χ2n) is 7.03. The van der Waals surface area contributed by atoms with Crippen molar-refractivity contribution in [2.75, 3.05) is 4.72 Å². The van der Waals surface area contributed by atoms with Crippen molar-refractivity contribution in [2.45, 2.75) is 4.90 Å². The summed E-state index contributed by atoms with van der Waals surface area (Å²) in [4.78, 5) is 13.3. The second-order valence-corrected chi connectivity index (χ2v) is 9.52. The first-order chi connectivity index (χ1) is 15.9. The second kappa shape index (κ2) is 8.43. The Hall–Kier alpha value is -3.53. The van der Waals surface area contributed by atoms with E-state index in [1.807, 2.05) is 12.1 Å². The quantitative estimate of drug-likeness (QED) is 0.346. The Labute approximate surface area is 198 Å². The van der Waals surface area contributed by atoms with E-state index in [9.17, 15) is 8.42 Å². The van der Waals surface area contributed by atoms with Crippen LogP contribution in [0.2, 0.25) is 10.0 Å². The topological polar surface area (TPSA) is 114 Å². The van der Waals surface area contributed by atoms with Crippen LogP contribution >= 0.6 is 23.2 Å². The molecule has 5 aromatic rings. The summed E-state index contributed by atoms with van der Waals surface area (Å²) >= 11 is 12.0. The number of hydrogen-bond acceptors (Lipinski definition) is 6. The van der Waals surface area contributed by atoms with E-state index < -0.39 is 10.0 Å². The smallest absolute Gasteiger partial charge is 0.263 e. The molecule has 11 heteroatoms. The average Bonchev–Trinajstić information content (AvgIpc) is 3.29. The summed E-state index contributed by atoms with van der Waals surface area (Å²) in [7, 11) is -3.93. The maximum atomic E-state index is 12.8. The number of halogens is 2. The number of anilines is 1. The number of aromatic amines is 1. The fraction of sp³-hybridized carbons (Fsp3) is 0. The molecule has 2 aromatic carbocycles. The van der Waals surface area contributed by atoms with Crippen molar-refractivity contribution in [2.24, 2.45) is 0 Å². The monoisotopic (exact) mass is 496 g/mol. The number of fused-ring (bicyclic) bond motifs is 1. The molecule has 33 heavy (non-hydrogen) atoms. The molecule has 2 N–H and O–H groups in total. The number of pyridine rings is 1. The van der Waals surface area contributed by atoms with Gasteiger partial charge in [-0.3, -0.25) is 14.8 Å². The van der Waals surface area contributed by atoms with Crippen molar-refractivity contribution >= 4 is 49.9 Å². The van der Waals surface area contributed by atoms with Gasteiger partial charge < -0.3 is 0 Å². The van der Waals surface area contributed by atoms with E-state index in [2.05, 4.69) is 24.9 Å². The van der Waals surface area contributed by atoms with Crippen LogP contribution in [0.4, 0.5) is 5.69 Å². The van der Waals surface area contributed by atoms with Gasteiger partial charge in [0.1, 0.15) is 4.90 Å². The van der Waals surface area contributed by atoms with E-state index in [0.717, 1.165) is 10.9 Å². The molecule has 0 bridgehead atoms. The highest BCUT2D eigenvalue weighted by Gasteiger charge is 2.19. The molecule has 0 saturated heterocycles. The van der Waals surface area contributed by atoms with E-state index in [0.29, 0.717) is 28.4 Å². The van der Waals surface area contributed by atoms with E-state index in [1.54, 1.807) is 42.9 Å². The Kier molecular flexibility index (Phi) is 5.45. The summed E-state index contributed by atoms with van der Waals surface area (Å²) in [5, 5.41) is 8.07. The third-order valence-corrected chi connectivity index (χ3v) is 6.92. The maximum Gasteiger partial charge on any atom is 0.263 e. The minimum Gasteiger partial charge on any atom is -0.280 e. The molecular weight excluding hydrogens is 483 g/mol. The van der Waals surface area contributed by atoms with Crippen LogP contribution in [0.5, 0.6) is 0 Å². The predicted molar refractivity (Wildman–Crippen MR) is 128 cm³/mol. The fourth-order valence-corrected chi connectivity index (χ4v) is 5.09. The van der Waals surface area contributed by atoms with Crippen LogP contribution in [0, 0.1) is 0 Å². The minimum atomic E-state index is -3.93. The minimum absolute atomic E-state index is 0.0766. The summed E-state index contributed by atoms with van der Waals surface area (Å²) in [6.07, 6.45) is 5.08. The highest BCUT2D eigenvalue weighted by atomic mass is 35.5. The molecule has 0 spiro atoms. The van der Waals surface area contributed by atoms with Gasteiger partial charge in [-0.1, -0.05) is 23.2 Å². The van der Waals surface area contributed by atoms with Gasteiger partial charge in [-0.05, 0) is 54.6 Å². The van der Waals surface area contributed by atoms with Gasteiger partial charge in [0.15, 0.2) is 11.5 Å². The molecule has 0 unspecified atom stereocenters. The fourth-order valence-electron chi connectivity index (χ4n) is 3.27. The maximum absolute atomic E-state index is 12.8. The number of aromatic nitrogens is 5. The van der Waals surface area contributed by atoms with Crippen molar-refractivity contribution in [3.63, 3.8) is 0 Å². The number of nitrogens with zero attached hydrogens (tertiary/aromatic N) is 4. The standard InChI is InChI=1S/C22H14Cl2N6O2S/c23-15-5-8-18(24)19(10-15)33(31,32)30-16-6-3-13(4-7-16)21-27-20(14-2-1-9-25-11-14)17-12-26-29-22(17)28-21/h1-12,30H,(H,26,27,28,29). The molecule has 0 aliphatic rings. The summed E-state index contributed by atoms with van der Waals surface area (Å²) < 4.78 is 28.0. The Morgan fingerprint density at radius 2 is 1.73 bits per heavy atom. The van der Waals surface area contributed by atoms with Gasteiger partial charge in [0, 0.05) is 34.2 Å². The van der Waals surface area contributed by atoms with Crippen LogP contribution in [0.1, 0.15) is 0 Å². The first-order valence-electron chi connectivity index (χ1n) is 9.60. The number of rotatable bonds is 5. The van der Waals surface area contributed by atoms with Gasteiger partial charge in [0.2, 0.25) is 0 Å². The molecule has 0 aliphatic heterocycles. The molecule has 0 amide bonds. The van der Waals surface area contributed by atoms with Crippen LogP contribution < -0.4 is 4.72 Å². The molecule has 164 valence electrons. The Bertz CT molecular complexity index is 1570. The number of hydrogen-bond donors (Lipinski definition) is 2. The van der Waals surface area contributed by atoms with E-state index in [1.165, 1.54) is 18.2 Å². The van der Waals surface area contributed by atoms with Gasteiger partial charge in [0.25, 0.3) is 10.0 Å². The molecule has 0 saturated carbocycles. The molecular formula is C22H14Cl2N6O2S. The Morgan fingerprint density at radius 1 is 0.909 bits per heavy atom. The largest absolute Gasteiger partial charge is 0.280 e. The predicted octanol–water partition coefficient (Wildman–Crippen LogP) is 5.19. The zero-order chi connectivity index (χ0) is 23.0. The van der Waals surface area contributed by atoms with Crippen LogP contribution in [0.15, 0.2) is 78.1 Å². The molecule has 3 heterocycles. The normalized spacial score (nSPS) is 11.6. The highest BCUT2D eigenvalue weighted by Crippen LogP contribution is 2.30. The summed E-state index contributed by atoms with van der Waals surface area (Å²) in [6.45, 7) is 0. The third-order valence-electron chi connectivity index (χ3n) is 4.82. The molecule has 8 nitrogen and oxygen atoms in total. The van der Waals surface area contributed by atoms with Gasteiger partial charge in [-0.15, -0.1) is 0 Å². The highest BCUT2D eigenvalue weighted by molar-refractivity contribution is 7.92. The SMILES string of the molecule is O=S(=O)(Nc1ccc(-c2nc(-c3cccnc3)c3cn[nH]c3n2)cc1)c1cc(Cl)ccc1Cl. The van der Waals surface area contributed by atoms with Crippen molar-refractivity contribution in [3.8, 4) is 22.6 Å². The van der Waals surface area contributed by atoms with Crippen molar-refractivity contribution < 1.29 is 8.42 Å². The van der Waals surface area contributed by atoms with Gasteiger partial charge >= 0.3 is 0 Å². The summed E-state index contributed by atoms with van der Waals surface area (Å²) in [6, 6.07) is 14.7. The number of H-pyrrole nitrogens is 1. The lowest BCUT2D eigenvalue weighted by Gasteiger charge is -2.11.